The minimum absolute atomic E-state index is 0.0381. The molecule has 4 heteroatoms. The molecule has 1 fully saturated rings. The van der Waals surface area contributed by atoms with Crippen molar-refractivity contribution >= 4 is 17.4 Å². The minimum atomic E-state index is 0.0381. The lowest BCUT2D eigenvalue weighted by atomic mass is 10.1. The highest BCUT2D eigenvalue weighted by Crippen LogP contribution is 2.36. The molecule has 1 heterocycles. The van der Waals surface area contributed by atoms with E-state index in [0.29, 0.717) is 6.10 Å². The molecule has 1 aromatic carbocycles. The third-order valence-corrected chi connectivity index (χ3v) is 4.35. The average Bonchev–Trinajstić information content (AvgIpc) is 2.67. The van der Waals surface area contributed by atoms with E-state index in [-0.39, 0.29) is 5.60 Å². The summed E-state index contributed by atoms with van der Waals surface area (Å²) < 4.78 is 11.3. The predicted molar refractivity (Wildman–Crippen MR) is 76.3 cm³/mol. The quantitative estimate of drug-likeness (QED) is 0.671. The molecule has 18 heavy (non-hydrogen) atoms. The van der Waals surface area contributed by atoms with Crippen LogP contribution in [0.15, 0.2) is 23.1 Å². The molecule has 1 atom stereocenters. The minimum Gasteiger partial charge on any atom is -0.496 e. The summed E-state index contributed by atoms with van der Waals surface area (Å²) in [7, 11) is 1.67. The first-order chi connectivity index (χ1) is 8.50. The maximum atomic E-state index is 5.98. The molecule has 0 spiro atoms. The van der Waals surface area contributed by atoms with Crippen LogP contribution in [-0.4, -0.2) is 24.6 Å². The molecule has 0 aromatic heterocycles. The fourth-order valence-electron chi connectivity index (χ4n) is 2.18. The van der Waals surface area contributed by atoms with E-state index in [1.807, 2.05) is 18.2 Å². The van der Waals surface area contributed by atoms with Crippen molar-refractivity contribution in [2.75, 3.05) is 18.6 Å². The second kappa shape index (κ2) is 5.41. The van der Waals surface area contributed by atoms with Crippen LogP contribution < -0.4 is 10.5 Å². The van der Waals surface area contributed by atoms with E-state index >= 15 is 0 Å². The molecule has 100 valence electrons. The van der Waals surface area contributed by atoms with Gasteiger partial charge in [0.2, 0.25) is 0 Å². The lowest BCUT2D eigenvalue weighted by Crippen LogP contribution is -2.21. The molecule has 1 aromatic rings. The van der Waals surface area contributed by atoms with Crippen LogP contribution in [0.25, 0.3) is 0 Å². The Hall–Kier alpha value is -0.870. The van der Waals surface area contributed by atoms with Crippen molar-refractivity contribution in [3.8, 4) is 5.75 Å². The molecule has 1 unspecified atom stereocenters. The maximum absolute atomic E-state index is 5.98. The van der Waals surface area contributed by atoms with E-state index in [1.165, 1.54) is 0 Å². The molecule has 3 nitrogen and oxygen atoms in total. The Bertz CT molecular complexity index is 420. The molecular formula is C14H21NO2S. The molecule has 1 aliphatic heterocycles. The zero-order valence-electron chi connectivity index (χ0n) is 11.2. The van der Waals surface area contributed by atoms with Gasteiger partial charge in [-0.05, 0) is 38.8 Å². The molecule has 0 aliphatic carbocycles. The number of benzene rings is 1. The number of nitrogen functional groups attached to an aromatic ring is 1. The van der Waals surface area contributed by atoms with Crippen molar-refractivity contribution in [2.45, 2.75) is 43.3 Å². The maximum Gasteiger partial charge on any atom is 0.134 e. The number of hydrogen-bond acceptors (Lipinski definition) is 4. The van der Waals surface area contributed by atoms with Crippen molar-refractivity contribution in [3.05, 3.63) is 18.2 Å². The van der Waals surface area contributed by atoms with Crippen LogP contribution in [0, 0.1) is 0 Å². The standard InChI is InChI=1S/C14H21NO2S/c1-14(2)7-6-11(17-14)9-18-13-5-4-10(15)8-12(13)16-3/h4-5,8,11H,6-7,9,15H2,1-3H3. The first kappa shape index (κ1) is 13.6. The van der Waals surface area contributed by atoms with Crippen molar-refractivity contribution in [2.24, 2.45) is 0 Å². The van der Waals surface area contributed by atoms with Gasteiger partial charge in [-0.3, -0.25) is 0 Å². The first-order valence-electron chi connectivity index (χ1n) is 6.24. The van der Waals surface area contributed by atoms with Crippen LogP contribution in [0.3, 0.4) is 0 Å². The lowest BCUT2D eigenvalue weighted by Gasteiger charge is -2.19. The van der Waals surface area contributed by atoms with Crippen molar-refractivity contribution in [1.82, 2.24) is 0 Å². The largest absolute Gasteiger partial charge is 0.496 e. The Morgan fingerprint density at radius 1 is 1.50 bits per heavy atom. The van der Waals surface area contributed by atoms with Gasteiger partial charge in [0.05, 0.1) is 18.8 Å². The molecular weight excluding hydrogens is 246 g/mol. The van der Waals surface area contributed by atoms with Crippen molar-refractivity contribution < 1.29 is 9.47 Å². The van der Waals surface area contributed by atoms with Crippen LogP contribution in [-0.2, 0) is 4.74 Å². The number of nitrogens with two attached hydrogens (primary N) is 1. The summed E-state index contributed by atoms with van der Waals surface area (Å²) in [6.45, 7) is 4.31. The lowest BCUT2D eigenvalue weighted by molar-refractivity contribution is -0.00466. The summed E-state index contributed by atoms with van der Waals surface area (Å²) in [4.78, 5) is 1.13. The molecule has 0 amide bonds. The predicted octanol–water partition coefficient (Wildman–Crippen LogP) is 3.33. The number of ether oxygens (including phenoxy) is 2. The summed E-state index contributed by atoms with van der Waals surface area (Å²) in [5.41, 5.74) is 6.51. The van der Waals surface area contributed by atoms with Crippen molar-refractivity contribution in [3.63, 3.8) is 0 Å². The number of anilines is 1. The van der Waals surface area contributed by atoms with Gasteiger partial charge < -0.3 is 15.2 Å². The zero-order chi connectivity index (χ0) is 13.2. The van der Waals surface area contributed by atoms with Gasteiger partial charge in [0.1, 0.15) is 5.75 Å². The number of methoxy groups -OCH3 is 1. The molecule has 1 saturated heterocycles. The normalized spacial score (nSPS) is 22.1. The van der Waals surface area contributed by atoms with Gasteiger partial charge in [-0.25, -0.2) is 0 Å². The van der Waals surface area contributed by atoms with Crippen LogP contribution in [0.2, 0.25) is 0 Å². The molecule has 2 N–H and O–H groups in total. The second-order valence-electron chi connectivity index (χ2n) is 5.26. The second-order valence-corrected chi connectivity index (χ2v) is 6.32. The van der Waals surface area contributed by atoms with E-state index in [2.05, 4.69) is 13.8 Å². The van der Waals surface area contributed by atoms with Gasteiger partial charge in [0.25, 0.3) is 0 Å². The SMILES string of the molecule is COc1cc(N)ccc1SCC1CCC(C)(C)O1. The zero-order valence-corrected chi connectivity index (χ0v) is 12.0. The monoisotopic (exact) mass is 267 g/mol. The van der Waals surface area contributed by atoms with Gasteiger partial charge in [-0.1, -0.05) is 0 Å². The highest BCUT2D eigenvalue weighted by atomic mass is 32.2. The highest BCUT2D eigenvalue weighted by Gasteiger charge is 2.31. The number of hydrogen-bond donors (Lipinski definition) is 1. The van der Waals surface area contributed by atoms with E-state index in [0.717, 1.165) is 34.9 Å². The van der Waals surface area contributed by atoms with Gasteiger partial charge in [-0.2, -0.15) is 0 Å². The van der Waals surface area contributed by atoms with E-state index in [1.54, 1.807) is 18.9 Å². The third-order valence-electron chi connectivity index (χ3n) is 3.17. The Labute approximate surface area is 113 Å². The third kappa shape index (κ3) is 3.33. The number of thioether (sulfide) groups is 1. The van der Waals surface area contributed by atoms with Gasteiger partial charge in [0, 0.05) is 22.4 Å². The highest BCUT2D eigenvalue weighted by molar-refractivity contribution is 7.99. The summed E-state index contributed by atoms with van der Waals surface area (Å²) >= 11 is 1.77. The molecule has 1 aliphatic rings. The van der Waals surface area contributed by atoms with E-state index in [4.69, 9.17) is 15.2 Å². The molecule has 0 radical (unpaired) electrons. The van der Waals surface area contributed by atoms with Crippen LogP contribution in [0.1, 0.15) is 26.7 Å². The Balaban J connectivity index is 1.94. The smallest absolute Gasteiger partial charge is 0.134 e. The topological polar surface area (TPSA) is 44.5 Å². The average molecular weight is 267 g/mol. The summed E-state index contributed by atoms with van der Waals surface area (Å²) in [5, 5.41) is 0. The fraction of sp³-hybridized carbons (Fsp3) is 0.571. The molecule has 2 rings (SSSR count). The Morgan fingerprint density at radius 2 is 2.28 bits per heavy atom. The van der Waals surface area contributed by atoms with Gasteiger partial charge >= 0.3 is 0 Å². The molecule has 0 bridgehead atoms. The molecule has 0 saturated carbocycles. The van der Waals surface area contributed by atoms with Crippen molar-refractivity contribution in [1.29, 1.82) is 0 Å². The summed E-state index contributed by atoms with van der Waals surface area (Å²) in [5.74, 6) is 1.81. The van der Waals surface area contributed by atoms with Gasteiger partial charge in [-0.15, -0.1) is 11.8 Å². The first-order valence-corrected chi connectivity index (χ1v) is 7.23. The fourth-order valence-corrected chi connectivity index (χ4v) is 3.23. The van der Waals surface area contributed by atoms with Crippen LogP contribution in [0.5, 0.6) is 5.75 Å². The Morgan fingerprint density at radius 3 is 2.89 bits per heavy atom. The Kier molecular flexibility index (Phi) is 4.07. The van der Waals surface area contributed by atoms with E-state index in [9.17, 15) is 0 Å². The number of rotatable bonds is 4. The summed E-state index contributed by atoms with van der Waals surface area (Å²) in [6, 6.07) is 5.78. The summed E-state index contributed by atoms with van der Waals surface area (Å²) in [6.07, 6.45) is 2.61. The van der Waals surface area contributed by atoms with E-state index < -0.39 is 0 Å². The van der Waals surface area contributed by atoms with Crippen LogP contribution in [0.4, 0.5) is 5.69 Å². The van der Waals surface area contributed by atoms with Crippen LogP contribution >= 0.6 is 11.8 Å². The van der Waals surface area contributed by atoms with Gasteiger partial charge in [0.15, 0.2) is 0 Å².